The number of hydrogen-bond acceptors (Lipinski definition) is 6. The summed E-state index contributed by atoms with van der Waals surface area (Å²) >= 11 is 0.807. The van der Waals surface area contributed by atoms with Crippen molar-refractivity contribution in [3.8, 4) is 11.5 Å². The van der Waals surface area contributed by atoms with E-state index in [9.17, 15) is 97.4 Å². The first-order chi connectivity index (χ1) is 32.7. The molecule has 4 nitrogen and oxygen atoms in total. The van der Waals surface area contributed by atoms with E-state index in [0.29, 0.717) is 17.8 Å². The SMILES string of the molecule is Cc1cc(CSCCC(F)(F)C(F)(F)C(F)(F)C(F)(F)C(F)(F)C(F)(F)F)cc(C)c1OC(=O)c1ccc(C(=O)Oc2c(C)cc3cc2C2(F)C(F)(CCSC3)C2(F)C(F)(F)C(F)(F)C(F)(F)C(F)(F)F)cc1. The zero-order valence-corrected chi connectivity index (χ0v) is 37.9. The molecule has 31 heteroatoms. The van der Waals surface area contributed by atoms with E-state index in [-0.39, 0.29) is 45.5 Å². The number of carbonyl (C=O) groups is 2. The number of halogens is 25. The maximum atomic E-state index is 16.9. The molecule has 3 aromatic rings. The van der Waals surface area contributed by atoms with Crippen LogP contribution in [0.2, 0.25) is 0 Å². The quantitative estimate of drug-likeness (QED) is 0.0617. The van der Waals surface area contributed by atoms with Crippen LogP contribution in [-0.2, 0) is 17.2 Å². The Morgan fingerprint density at radius 1 is 0.575 bits per heavy atom. The number of esters is 2. The second-order valence-electron chi connectivity index (χ2n) is 16.6. The third-order valence-electron chi connectivity index (χ3n) is 11.7. The summed E-state index contributed by atoms with van der Waals surface area (Å²) in [5, 5.41) is 0. The van der Waals surface area contributed by atoms with E-state index < -0.39 is 147 Å². The van der Waals surface area contributed by atoms with Crippen molar-refractivity contribution in [3.05, 3.63) is 93.0 Å². The average Bonchev–Trinajstić information content (AvgIpc) is 3.65. The van der Waals surface area contributed by atoms with Crippen LogP contribution in [-0.4, -0.2) is 94.5 Å². The van der Waals surface area contributed by atoms with Gasteiger partial charge in [-0.25, -0.2) is 22.8 Å². The van der Waals surface area contributed by atoms with Crippen molar-refractivity contribution in [2.75, 3.05) is 11.5 Å². The van der Waals surface area contributed by atoms with Gasteiger partial charge in [-0.2, -0.15) is 120 Å². The molecule has 2 aliphatic rings. The van der Waals surface area contributed by atoms with Gasteiger partial charge in [0.05, 0.1) is 11.1 Å². The number of aryl methyl sites for hydroxylation is 3. The molecule has 3 unspecified atom stereocenters. The van der Waals surface area contributed by atoms with Crippen molar-refractivity contribution in [3.63, 3.8) is 0 Å². The van der Waals surface area contributed by atoms with Crippen LogP contribution in [0.1, 0.15) is 66.9 Å². The molecule has 1 aliphatic carbocycles. The molecule has 1 saturated carbocycles. The van der Waals surface area contributed by atoms with E-state index >= 15 is 22.0 Å². The highest BCUT2D eigenvalue weighted by atomic mass is 32.2. The summed E-state index contributed by atoms with van der Waals surface area (Å²) in [6, 6.07) is 7.05. The first-order valence-corrected chi connectivity index (χ1v) is 22.2. The Bertz CT molecular complexity index is 2590. The summed E-state index contributed by atoms with van der Waals surface area (Å²) in [6.45, 7) is 3.48. The fourth-order valence-corrected chi connectivity index (χ4v) is 9.64. The van der Waals surface area contributed by atoms with E-state index in [1.165, 1.54) is 26.0 Å². The molecule has 0 saturated heterocycles. The van der Waals surface area contributed by atoms with E-state index in [0.717, 1.165) is 37.3 Å². The van der Waals surface area contributed by atoms with Crippen LogP contribution in [0, 0.1) is 20.8 Å². The van der Waals surface area contributed by atoms with Crippen molar-refractivity contribution >= 4 is 35.5 Å². The molecule has 5 rings (SSSR count). The molecule has 1 fully saturated rings. The number of fused-ring (bicyclic) bond motifs is 4. The highest BCUT2D eigenvalue weighted by Crippen LogP contribution is 2.81. The average molecular weight is 1140 g/mol. The van der Waals surface area contributed by atoms with E-state index in [1.807, 2.05) is 0 Å². The lowest BCUT2D eigenvalue weighted by Gasteiger charge is -2.39. The minimum Gasteiger partial charge on any atom is -0.422 e. The fraction of sp³-hybridized carbons (Fsp3) is 0.524. The Kier molecular flexibility index (Phi) is 15.0. The van der Waals surface area contributed by atoms with Crippen LogP contribution in [0.15, 0.2) is 48.5 Å². The van der Waals surface area contributed by atoms with Crippen LogP contribution >= 0.6 is 23.5 Å². The maximum Gasteiger partial charge on any atom is 0.460 e. The second-order valence-corrected chi connectivity index (χ2v) is 18.9. The van der Waals surface area contributed by atoms with E-state index in [1.54, 1.807) is 0 Å². The molecule has 2 bridgehead atoms. The minimum atomic E-state index is -8.05. The number of ether oxygens (including phenoxy) is 2. The van der Waals surface area contributed by atoms with Gasteiger partial charge in [0.25, 0.3) is 5.67 Å². The van der Waals surface area contributed by atoms with Crippen LogP contribution in [0.3, 0.4) is 0 Å². The second kappa shape index (κ2) is 18.4. The lowest BCUT2D eigenvalue weighted by molar-refractivity contribution is -0.439. The number of thioether (sulfide) groups is 2. The summed E-state index contributed by atoms with van der Waals surface area (Å²) in [5.74, 6) is -68.0. The Balaban J connectivity index is 1.30. The molecule has 0 spiro atoms. The molecule has 1 heterocycles. The predicted molar refractivity (Wildman–Crippen MR) is 207 cm³/mol. The molecule has 3 atom stereocenters. The predicted octanol–water partition coefficient (Wildman–Crippen LogP) is 15.1. The summed E-state index contributed by atoms with van der Waals surface area (Å²) in [6.07, 6.45) is -19.3. The van der Waals surface area contributed by atoms with Crippen molar-refractivity contribution in [2.24, 2.45) is 0 Å². The van der Waals surface area contributed by atoms with Crippen molar-refractivity contribution in [2.45, 2.75) is 122 Å². The molecule has 408 valence electrons. The molecular weight excluding hydrogens is 1110 g/mol. The summed E-state index contributed by atoms with van der Waals surface area (Å²) in [4.78, 5) is 26.4. The van der Waals surface area contributed by atoms with E-state index in [2.05, 4.69) is 0 Å². The highest BCUT2D eigenvalue weighted by molar-refractivity contribution is 7.98. The molecule has 3 aromatic carbocycles. The van der Waals surface area contributed by atoms with Gasteiger partial charge < -0.3 is 9.47 Å². The fourth-order valence-electron chi connectivity index (χ4n) is 7.72. The lowest BCUT2D eigenvalue weighted by atomic mass is 9.92. The van der Waals surface area contributed by atoms with E-state index in [4.69, 9.17) is 9.47 Å². The Hall–Kier alpha value is -4.45. The molecule has 0 radical (unpaired) electrons. The third-order valence-corrected chi connectivity index (χ3v) is 13.8. The van der Waals surface area contributed by atoms with Gasteiger partial charge in [0.1, 0.15) is 11.5 Å². The van der Waals surface area contributed by atoms with Crippen molar-refractivity contribution < 1.29 is 129 Å². The van der Waals surface area contributed by atoms with Crippen LogP contribution in [0.5, 0.6) is 11.5 Å². The van der Waals surface area contributed by atoms with Gasteiger partial charge in [0, 0.05) is 23.5 Å². The smallest absolute Gasteiger partial charge is 0.422 e. The topological polar surface area (TPSA) is 52.6 Å². The largest absolute Gasteiger partial charge is 0.460 e. The Morgan fingerprint density at radius 2 is 1.00 bits per heavy atom. The number of hydrogen-bond donors (Lipinski definition) is 0. The highest BCUT2D eigenvalue weighted by Gasteiger charge is 3.06. The molecule has 73 heavy (non-hydrogen) atoms. The normalized spacial score (nSPS) is 21.7. The third kappa shape index (κ3) is 8.81. The van der Waals surface area contributed by atoms with Gasteiger partial charge in [-0.1, -0.05) is 18.2 Å². The van der Waals surface area contributed by atoms with Gasteiger partial charge in [-0.05, 0) is 96.8 Å². The van der Waals surface area contributed by atoms with Gasteiger partial charge in [0.15, 0.2) is 5.67 Å². The van der Waals surface area contributed by atoms with Crippen molar-refractivity contribution in [1.82, 2.24) is 0 Å². The molecule has 0 N–H and O–H groups in total. The van der Waals surface area contributed by atoms with Gasteiger partial charge in [-0.3, -0.25) is 0 Å². The minimum absolute atomic E-state index is 0.0612. The maximum absolute atomic E-state index is 16.9. The number of benzene rings is 3. The first kappa shape index (κ1) is 59.4. The zero-order chi connectivity index (χ0) is 56.2. The Labute approximate surface area is 401 Å². The standard InChI is InChI=1S/C42H29F25O4S2/c1-18-12-21(16-73-11-9-31(44,45)34(48,49)36(52,53)38(56,57)40(60,61)42(65,66)67)13-19(2)26(18)70-28(68)23-4-6-24(7-5-23)29(69)71-27-20(3)14-22-15-25(27)32(46)30(43,8-10-72-17-22)33(32,47)35(50,51)37(54,55)39(58,59)41(62,63)64/h4-7,12-15H,8-11,16-17H2,1-3H3. The summed E-state index contributed by atoms with van der Waals surface area (Å²) in [7, 11) is 0. The Morgan fingerprint density at radius 3 is 1.47 bits per heavy atom. The van der Waals surface area contributed by atoms with Crippen LogP contribution in [0.25, 0.3) is 0 Å². The zero-order valence-electron chi connectivity index (χ0n) is 36.3. The van der Waals surface area contributed by atoms with Gasteiger partial charge in [-0.15, -0.1) is 0 Å². The molecule has 1 aliphatic heterocycles. The van der Waals surface area contributed by atoms with Gasteiger partial charge in [0.2, 0.25) is 5.67 Å². The lowest BCUT2D eigenvalue weighted by Crippen LogP contribution is -2.70. The number of rotatable bonds is 16. The van der Waals surface area contributed by atoms with Crippen molar-refractivity contribution in [1.29, 1.82) is 0 Å². The van der Waals surface area contributed by atoms with Gasteiger partial charge >= 0.3 is 71.7 Å². The first-order valence-electron chi connectivity index (χ1n) is 19.9. The molecular formula is C42H29F25O4S2. The van der Waals surface area contributed by atoms with Crippen LogP contribution < -0.4 is 9.47 Å². The molecule has 0 aromatic heterocycles. The number of carbonyl (C=O) groups excluding carboxylic acids is 2. The number of alkyl halides is 25. The monoisotopic (exact) mass is 1140 g/mol. The molecule has 0 amide bonds. The summed E-state index contributed by atoms with van der Waals surface area (Å²) in [5.41, 5.74) is -19.6. The summed E-state index contributed by atoms with van der Waals surface area (Å²) < 4.78 is 361. The van der Waals surface area contributed by atoms with Crippen LogP contribution in [0.4, 0.5) is 110 Å².